The van der Waals surface area contributed by atoms with Crippen molar-refractivity contribution in [3.05, 3.63) is 95.6 Å². The van der Waals surface area contributed by atoms with Crippen LogP contribution in [0.5, 0.6) is 0 Å². The minimum absolute atomic E-state index is 0.151. The Morgan fingerprint density at radius 1 is 0.804 bits per heavy atom. The lowest BCUT2D eigenvalue weighted by Gasteiger charge is -2.29. The van der Waals surface area contributed by atoms with Crippen LogP contribution in [-0.4, -0.2) is 74.0 Å². The zero-order valence-corrected chi connectivity index (χ0v) is 31.3. The van der Waals surface area contributed by atoms with E-state index in [1.54, 1.807) is 6.92 Å². The lowest BCUT2D eigenvalue weighted by Crippen LogP contribution is -2.39. The molecule has 3 aromatic rings. The molecule has 0 aliphatic carbocycles. The van der Waals surface area contributed by atoms with Crippen molar-refractivity contribution in [2.75, 3.05) is 56.2 Å². The van der Waals surface area contributed by atoms with Crippen molar-refractivity contribution in [1.82, 2.24) is 10.2 Å². The molecule has 2 N–H and O–H groups in total. The molecule has 0 aromatic heterocycles. The van der Waals surface area contributed by atoms with E-state index in [-0.39, 0.29) is 12.6 Å². The first-order chi connectivity index (χ1) is 24.9. The Balaban J connectivity index is 1.14. The van der Waals surface area contributed by atoms with E-state index in [9.17, 15) is 14.7 Å². The summed E-state index contributed by atoms with van der Waals surface area (Å²) in [5, 5.41) is 12.9. The fourth-order valence-electron chi connectivity index (χ4n) is 7.91. The number of likely N-dealkylation sites (N-methyl/N-ethyl adjacent to an activating group) is 1. The number of aliphatic hydroxyl groups excluding tert-OH is 1. The summed E-state index contributed by atoms with van der Waals surface area (Å²) in [5.74, 6) is 1.69. The molecule has 2 saturated heterocycles. The monoisotopic (exact) mass is 694 g/mol. The van der Waals surface area contributed by atoms with Crippen LogP contribution in [-0.2, 0) is 29.1 Å². The van der Waals surface area contributed by atoms with Gasteiger partial charge < -0.3 is 25.0 Å². The Bertz CT molecular complexity index is 1460. The molecule has 2 aliphatic rings. The van der Waals surface area contributed by atoms with Crippen molar-refractivity contribution in [2.45, 2.75) is 96.7 Å². The van der Waals surface area contributed by atoms with Gasteiger partial charge in [0.1, 0.15) is 11.6 Å². The molecule has 0 amide bonds. The molecule has 0 saturated carbocycles. The molecule has 0 bridgehead atoms. The zero-order chi connectivity index (χ0) is 35.8. The minimum atomic E-state index is -0.214. The number of likely N-dealkylation sites (tertiary alicyclic amines) is 1. The molecule has 7 heteroatoms. The molecular weight excluding hydrogens is 633 g/mol. The van der Waals surface area contributed by atoms with Gasteiger partial charge in [0.2, 0.25) is 0 Å². The van der Waals surface area contributed by atoms with Crippen LogP contribution in [0.2, 0.25) is 0 Å². The second-order valence-corrected chi connectivity index (χ2v) is 15.2. The van der Waals surface area contributed by atoms with Gasteiger partial charge >= 0.3 is 0 Å². The number of carbonyl (C=O) groups excluding carboxylic acids is 2. The third kappa shape index (κ3) is 12.9. The molecule has 2 heterocycles. The number of Topliss-reactive ketones (excluding diaryl/α,β-unsaturated/α-hetero) is 2. The third-order valence-corrected chi connectivity index (χ3v) is 11.2. The van der Waals surface area contributed by atoms with Crippen LogP contribution in [0.3, 0.4) is 0 Å². The topological polar surface area (TPSA) is 76.1 Å². The van der Waals surface area contributed by atoms with Crippen molar-refractivity contribution < 1.29 is 14.7 Å². The number of rotatable bonds is 17. The highest BCUT2D eigenvalue weighted by Gasteiger charge is 2.24. The Morgan fingerprint density at radius 2 is 1.53 bits per heavy atom. The van der Waals surface area contributed by atoms with E-state index in [2.05, 4.69) is 92.8 Å². The molecule has 51 heavy (non-hydrogen) atoms. The van der Waals surface area contributed by atoms with Crippen molar-refractivity contribution in [3.8, 4) is 0 Å². The molecule has 7 nitrogen and oxygen atoms in total. The predicted molar refractivity (Wildman–Crippen MR) is 210 cm³/mol. The van der Waals surface area contributed by atoms with Crippen LogP contribution in [0.15, 0.2) is 78.9 Å². The van der Waals surface area contributed by atoms with Crippen LogP contribution in [0.4, 0.5) is 11.4 Å². The Labute approximate surface area is 307 Å². The summed E-state index contributed by atoms with van der Waals surface area (Å²) in [6.45, 7) is 8.32. The summed E-state index contributed by atoms with van der Waals surface area (Å²) in [7, 11) is 2.01. The first kappa shape index (κ1) is 38.7. The molecule has 0 radical (unpaired) electrons. The molecule has 3 atom stereocenters. The van der Waals surface area contributed by atoms with Crippen molar-refractivity contribution >= 4 is 22.9 Å². The number of nitrogens with one attached hydrogen (secondary N) is 1. The average Bonchev–Trinajstić information content (AvgIpc) is 3.38. The van der Waals surface area contributed by atoms with Crippen LogP contribution in [0, 0.1) is 11.8 Å². The Hall–Kier alpha value is -3.52. The summed E-state index contributed by atoms with van der Waals surface area (Å²) < 4.78 is 0. The third-order valence-electron chi connectivity index (χ3n) is 11.2. The average molecular weight is 695 g/mol. The van der Waals surface area contributed by atoms with E-state index in [1.807, 2.05) is 13.1 Å². The van der Waals surface area contributed by atoms with Gasteiger partial charge in [0, 0.05) is 64.0 Å². The highest BCUT2D eigenvalue weighted by Crippen LogP contribution is 2.27. The molecular formula is C44H62N4O3. The SMILES string of the molecule is CC(=O)CCC1CCCN(c2ccc(CNC(Cc3ccccc3)C(=O)CC3CCCCN(Cc4ccc(N(C)CCO)cc4)CC3)cc2)CC1. The maximum Gasteiger partial charge on any atom is 0.150 e. The van der Waals surface area contributed by atoms with Gasteiger partial charge in [-0.1, -0.05) is 61.0 Å². The lowest BCUT2D eigenvalue weighted by atomic mass is 9.88. The first-order valence-corrected chi connectivity index (χ1v) is 19.6. The fourth-order valence-corrected chi connectivity index (χ4v) is 7.91. The second kappa shape index (κ2) is 20.5. The molecule has 0 spiro atoms. The molecule has 276 valence electrons. The fraction of sp³-hybridized carbons (Fsp3) is 0.545. The summed E-state index contributed by atoms with van der Waals surface area (Å²) in [4.78, 5) is 32.6. The van der Waals surface area contributed by atoms with E-state index in [1.165, 1.54) is 48.1 Å². The van der Waals surface area contributed by atoms with Crippen molar-refractivity contribution in [3.63, 3.8) is 0 Å². The van der Waals surface area contributed by atoms with Gasteiger partial charge in [-0.2, -0.15) is 0 Å². The van der Waals surface area contributed by atoms with Gasteiger partial charge in [0.05, 0.1) is 12.6 Å². The standard InChI is InChI=1S/C44H62N4O3/c1-35(50)13-14-36-12-8-26-48(28-24-36)42-21-15-39(16-22-42)33-45-43(31-37-9-4-3-5-10-37)44(51)32-38-11-6-7-25-47(27-23-38)34-40-17-19-41(20-18-40)46(2)29-30-49/h3-5,9-10,15-22,36,38,43,45,49H,6-8,11-14,23-34H2,1-2H3. The van der Waals surface area contributed by atoms with Crippen LogP contribution in [0.25, 0.3) is 0 Å². The van der Waals surface area contributed by atoms with Crippen LogP contribution < -0.4 is 15.1 Å². The van der Waals surface area contributed by atoms with Crippen molar-refractivity contribution in [1.29, 1.82) is 0 Å². The van der Waals surface area contributed by atoms with Crippen LogP contribution in [0.1, 0.15) is 87.8 Å². The summed E-state index contributed by atoms with van der Waals surface area (Å²) >= 11 is 0. The van der Waals surface area contributed by atoms with Gasteiger partial charge in [0.15, 0.2) is 0 Å². The quantitative estimate of drug-likeness (QED) is 0.152. The van der Waals surface area contributed by atoms with Crippen LogP contribution >= 0.6 is 0 Å². The first-order valence-electron chi connectivity index (χ1n) is 19.6. The van der Waals surface area contributed by atoms with E-state index in [0.29, 0.717) is 55.8 Å². The Kier molecular flexibility index (Phi) is 15.6. The maximum atomic E-state index is 14.0. The van der Waals surface area contributed by atoms with E-state index >= 15 is 0 Å². The molecule has 3 unspecified atom stereocenters. The summed E-state index contributed by atoms with van der Waals surface area (Å²) in [6, 6.07) is 27.8. The number of aliphatic hydroxyl groups is 1. The summed E-state index contributed by atoms with van der Waals surface area (Å²) in [5.41, 5.74) is 6.10. The van der Waals surface area contributed by atoms with E-state index in [4.69, 9.17) is 0 Å². The number of anilines is 2. The minimum Gasteiger partial charge on any atom is -0.395 e. The number of hydrogen-bond acceptors (Lipinski definition) is 7. The zero-order valence-electron chi connectivity index (χ0n) is 31.3. The van der Waals surface area contributed by atoms with Gasteiger partial charge in [-0.25, -0.2) is 0 Å². The lowest BCUT2D eigenvalue weighted by molar-refractivity contribution is -0.122. The van der Waals surface area contributed by atoms with Gasteiger partial charge in [0.25, 0.3) is 0 Å². The summed E-state index contributed by atoms with van der Waals surface area (Å²) in [6.07, 6.45) is 11.1. The smallest absolute Gasteiger partial charge is 0.150 e. The molecule has 3 aromatic carbocycles. The van der Waals surface area contributed by atoms with Gasteiger partial charge in [-0.05, 0) is 124 Å². The van der Waals surface area contributed by atoms with Gasteiger partial charge in [-0.15, -0.1) is 0 Å². The number of ketones is 2. The maximum absolute atomic E-state index is 14.0. The Morgan fingerprint density at radius 3 is 2.27 bits per heavy atom. The van der Waals surface area contributed by atoms with E-state index in [0.717, 1.165) is 64.1 Å². The highest BCUT2D eigenvalue weighted by atomic mass is 16.3. The highest BCUT2D eigenvalue weighted by molar-refractivity contribution is 5.84. The number of nitrogens with zero attached hydrogens (tertiary/aromatic N) is 3. The second-order valence-electron chi connectivity index (χ2n) is 15.2. The molecule has 2 fully saturated rings. The number of carbonyl (C=O) groups is 2. The molecule has 2 aliphatic heterocycles. The van der Waals surface area contributed by atoms with E-state index < -0.39 is 0 Å². The number of benzene rings is 3. The largest absolute Gasteiger partial charge is 0.395 e. The van der Waals surface area contributed by atoms with Gasteiger partial charge in [-0.3, -0.25) is 9.69 Å². The number of hydrogen-bond donors (Lipinski definition) is 2. The normalized spacial score (nSPS) is 19.5. The molecule has 5 rings (SSSR count). The van der Waals surface area contributed by atoms with Crippen molar-refractivity contribution in [2.24, 2.45) is 11.8 Å². The predicted octanol–water partition coefficient (Wildman–Crippen LogP) is 7.44.